The number of hydrogen-bond donors (Lipinski definition) is 0. The standard InChI is InChI=1S/C16H20N4O3S2/c1-3-19-11-17-18-16(19)24-10-15(21)13-5-6-14-12(9-13)7-8-20(14)25(22,23)4-2/h5-6,9,11H,3-4,7-8,10H2,1-2H3. The van der Waals surface area contributed by atoms with Gasteiger partial charge in [0.25, 0.3) is 0 Å². The predicted octanol–water partition coefficient (Wildman–Crippen LogP) is 1.99. The summed E-state index contributed by atoms with van der Waals surface area (Å²) in [7, 11) is -3.27. The molecule has 0 N–H and O–H groups in total. The Balaban J connectivity index is 1.73. The highest BCUT2D eigenvalue weighted by atomic mass is 32.2. The van der Waals surface area contributed by atoms with Crippen molar-refractivity contribution < 1.29 is 13.2 Å². The largest absolute Gasteiger partial charge is 0.309 e. The number of benzene rings is 1. The number of thioether (sulfide) groups is 1. The van der Waals surface area contributed by atoms with E-state index in [0.29, 0.717) is 24.2 Å². The number of sulfonamides is 1. The zero-order chi connectivity index (χ0) is 18.0. The third kappa shape index (κ3) is 3.57. The number of carbonyl (C=O) groups is 1. The first-order valence-corrected chi connectivity index (χ1v) is 10.7. The molecule has 3 rings (SSSR count). The minimum Gasteiger partial charge on any atom is -0.309 e. The van der Waals surface area contributed by atoms with Crippen molar-refractivity contribution in [2.75, 3.05) is 22.4 Å². The van der Waals surface area contributed by atoms with Crippen molar-refractivity contribution >= 4 is 33.3 Å². The van der Waals surface area contributed by atoms with Crippen LogP contribution in [-0.2, 0) is 23.0 Å². The van der Waals surface area contributed by atoms with Crippen LogP contribution in [-0.4, -0.2) is 47.0 Å². The second-order valence-corrected chi connectivity index (χ2v) is 8.80. The van der Waals surface area contributed by atoms with Crippen molar-refractivity contribution in [1.82, 2.24) is 14.8 Å². The van der Waals surface area contributed by atoms with Gasteiger partial charge < -0.3 is 4.57 Å². The number of Topliss-reactive ketones (excluding diaryl/α,β-unsaturated/α-hetero) is 1. The Morgan fingerprint density at radius 3 is 2.84 bits per heavy atom. The van der Waals surface area contributed by atoms with Crippen LogP contribution in [0.25, 0.3) is 0 Å². The maximum atomic E-state index is 12.5. The molecular weight excluding hydrogens is 360 g/mol. The summed E-state index contributed by atoms with van der Waals surface area (Å²) in [5, 5.41) is 8.58. The fourth-order valence-electron chi connectivity index (χ4n) is 2.78. The van der Waals surface area contributed by atoms with Crippen LogP contribution in [0.3, 0.4) is 0 Å². The molecular formula is C16H20N4O3S2. The monoisotopic (exact) mass is 380 g/mol. The Labute approximate surface area is 151 Å². The summed E-state index contributed by atoms with van der Waals surface area (Å²) in [6, 6.07) is 5.26. The molecule has 2 heterocycles. The molecule has 134 valence electrons. The van der Waals surface area contributed by atoms with E-state index in [1.54, 1.807) is 25.4 Å². The first-order valence-electron chi connectivity index (χ1n) is 8.13. The Morgan fingerprint density at radius 1 is 1.32 bits per heavy atom. The third-order valence-electron chi connectivity index (χ3n) is 4.21. The van der Waals surface area contributed by atoms with E-state index in [0.717, 1.165) is 17.3 Å². The van der Waals surface area contributed by atoms with E-state index in [-0.39, 0.29) is 17.3 Å². The van der Waals surface area contributed by atoms with Crippen molar-refractivity contribution in [1.29, 1.82) is 0 Å². The van der Waals surface area contributed by atoms with Crippen LogP contribution in [0.2, 0.25) is 0 Å². The minimum absolute atomic E-state index is 0.00440. The van der Waals surface area contributed by atoms with Crippen LogP contribution in [0.1, 0.15) is 29.8 Å². The molecule has 9 heteroatoms. The molecule has 0 fully saturated rings. The van der Waals surface area contributed by atoms with Crippen LogP contribution in [0, 0.1) is 0 Å². The van der Waals surface area contributed by atoms with Crippen molar-refractivity contribution in [3.05, 3.63) is 35.7 Å². The zero-order valence-electron chi connectivity index (χ0n) is 14.2. The Kier molecular flexibility index (Phi) is 5.14. The first kappa shape index (κ1) is 17.9. The molecule has 0 spiro atoms. The predicted molar refractivity (Wildman–Crippen MR) is 97.7 cm³/mol. The molecule has 0 radical (unpaired) electrons. The second kappa shape index (κ2) is 7.17. The topological polar surface area (TPSA) is 85.2 Å². The molecule has 0 amide bonds. The minimum atomic E-state index is -3.27. The highest BCUT2D eigenvalue weighted by molar-refractivity contribution is 7.99. The Morgan fingerprint density at radius 2 is 2.12 bits per heavy atom. The van der Waals surface area contributed by atoms with Crippen LogP contribution in [0.15, 0.2) is 29.7 Å². The summed E-state index contributed by atoms with van der Waals surface area (Å²) >= 11 is 1.36. The number of ketones is 1. The molecule has 0 bridgehead atoms. The number of nitrogens with zero attached hydrogens (tertiary/aromatic N) is 4. The van der Waals surface area contributed by atoms with Gasteiger partial charge >= 0.3 is 0 Å². The fourth-order valence-corrected chi connectivity index (χ4v) is 4.81. The zero-order valence-corrected chi connectivity index (χ0v) is 15.8. The fraction of sp³-hybridized carbons (Fsp3) is 0.438. The molecule has 1 aromatic carbocycles. The lowest BCUT2D eigenvalue weighted by Gasteiger charge is -2.18. The Bertz CT molecular complexity index is 893. The lowest BCUT2D eigenvalue weighted by atomic mass is 10.1. The molecule has 1 aliphatic heterocycles. The molecule has 0 saturated carbocycles. The summed E-state index contributed by atoms with van der Waals surface area (Å²) in [5.74, 6) is 0.339. The van der Waals surface area contributed by atoms with Gasteiger partial charge in [-0.05, 0) is 44.0 Å². The molecule has 2 aromatic rings. The smallest absolute Gasteiger partial charge is 0.234 e. The van der Waals surface area contributed by atoms with Gasteiger partial charge in [-0.3, -0.25) is 9.10 Å². The van der Waals surface area contributed by atoms with Crippen molar-refractivity contribution in [3.8, 4) is 0 Å². The molecule has 1 aliphatic rings. The van der Waals surface area contributed by atoms with Gasteiger partial charge in [0.05, 0.1) is 17.2 Å². The summed E-state index contributed by atoms with van der Waals surface area (Å²) in [6.45, 7) is 4.82. The van der Waals surface area contributed by atoms with E-state index in [1.165, 1.54) is 16.1 Å². The normalized spacial score (nSPS) is 13.9. The van der Waals surface area contributed by atoms with E-state index in [4.69, 9.17) is 0 Å². The van der Waals surface area contributed by atoms with Gasteiger partial charge in [0.15, 0.2) is 10.9 Å². The van der Waals surface area contributed by atoms with Crippen LogP contribution >= 0.6 is 11.8 Å². The number of aryl methyl sites for hydroxylation is 1. The van der Waals surface area contributed by atoms with Crippen LogP contribution < -0.4 is 4.31 Å². The van der Waals surface area contributed by atoms with Crippen LogP contribution in [0.4, 0.5) is 5.69 Å². The van der Waals surface area contributed by atoms with Crippen molar-refractivity contribution in [2.24, 2.45) is 0 Å². The summed E-state index contributed by atoms with van der Waals surface area (Å²) in [6.07, 6.45) is 2.28. The van der Waals surface area contributed by atoms with Crippen molar-refractivity contribution in [2.45, 2.75) is 32.0 Å². The number of hydrogen-bond acceptors (Lipinski definition) is 6. The molecule has 1 aromatic heterocycles. The third-order valence-corrected chi connectivity index (χ3v) is 6.97. The van der Waals surface area contributed by atoms with Gasteiger partial charge in [0, 0.05) is 18.7 Å². The molecule has 0 unspecified atom stereocenters. The maximum absolute atomic E-state index is 12.5. The van der Waals surface area contributed by atoms with Gasteiger partial charge in [0.2, 0.25) is 10.0 Å². The first-order chi connectivity index (χ1) is 12.0. The van der Waals surface area contributed by atoms with E-state index in [2.05, 4.69) is 10.2 Å². The van der Waals surface area contributed by atoms with E-state index < -0.39 is 10.0 Å². The van der Waals surface area contributed by atoms with Crippen molar-refractivity contribution in [3.63, 3.8) is 0 Å². The second-order valence-electron chi connectivity index (χ2n) is 5.68. The molecule has 0 aliphatic carbocycles. The highest BCUT2D eigenvalue weighted by Gasteiger charge is 2.28. The highest BCUT2D eigenvalue weighted by Crippen LogP contribution is 2.31. The number of aromatic nitrogens is 3. The molecule has 0 saturated heterocycles. The lowest BCUT2D eigenvalue weighted by molar-refractivity contribution is 0.102. The van der Waals surface area contributed by atoms with Gasteiger partial charge in [-0.1, -0.05) is 11.8 Å². The van der Waals surface area contributed by atoms with Gasteiger partial charge in [-0.15, -0.1) is 10.2 Å². The summed E-state index contributed by atoms with van der Waals surface area (Å²) in [5.41, 5.74) is 2.20. The molecule has 25 heavy (non-hydrogen) atoms. The van der Waals surface area contributed by atoms with E-state index in [9.17, 15) is 13.2 Å². The number of rotatable bonds is 7. The summed E-state index contributed by atoms with van der Waals surface area (Å²) < 4.78 is 27.6. The average Bonchev–Trinajstić information content (AvgIpc) is 3.25. The lowest BCUT2D eigenvalue weighted by Crippen LogP contribution is -2.30. The Hall–Kier alpha value is -1.87. The van der Waals surface area contributed by atoms with Gasteiger partial charge in [-0.2, -0.15) is 0 Å². The van der Waals surface area contributed by atoms with E-state index >= 15 is 0 Å². The molecule has 7 nitrogen and oxygen atoms in total. The quantitative estimate of drug-likeness (QED) is 0.539. The molecule has 0 atom stereocenters. The summed E-state index contributed by atoms with van der Waals surface area (Å²) in [4.78, 5) is 12.5. The number of fused-ring (bicyclic) bond motifs is 1. The number of anilines is 1. The van der Waals surface area contributed by atoms with E-state index in [1.807, 2.05) is 17.6 Å². The SMILES string of the molecule is CCn1cnnc1SCC(=O)c1ccc2c(c1)CCN2S(=O)(=O)CC. The maximum Gasteiger partial charge on any atom is 0.234 e. The average molecular weight is 380 g/mol. The number of carbonyl (C=O) groups excluding carboxylic acids is 1. The van der Waals surface area contributed by atoms with Gasteiger partial charge in [-0.25, -0.2) is 8.42 Å². The van der Waals surface area contributed by atoms with Crippen LogP contribution in [0.5, 0.6) is 0 Å². The van der Waals surface area contributed by atoms with Gasteiger partial charge in [0.1, 0.15) is 6.33 Å².